The number of aliphatic hydroxyl groups excluding tert-OH is 1. The minimum Gasteiger partial charge on any atom is -0.493 e. The zero-order valence-electron chi connectivity index (χ0n) is 7.59. The van der Waals surface area contributed by atoms with Crippen LogP contribution in [0.2, 0.25) is 0 Å². The van der Waals surface area contributed by atoms with Crippen LogP contribution in [0.25, 0.3) is 0 Å². The fourth-order valence-electron chi connectivity index (χ4n) is 0.918. The Hall–Kier alpha value is -1.09. The van der Waals surface area contributed by atoms with Crippen LogP contribution in [-0.4, -0.2) is 18.3 Å². The van der Waals surface area contributed by atoms with E-state index in [1.54, 1.807) is 19.1 Å². The van der Waals surface area contributed by atoms with E-state index in [1.807, 2.05) is 0 Å². The molecule has 0 aliphatic rings. The number of aliphatic hydroxyl groups is 1. The molecule has 0 fully saturated rings. The van der Waals surface area contributed by atoms with Gasteiger partial charge in [0.05, 0.1) is 6.61 Å². The Kier molecular flexibility index (Phi) is 3.71. The summed E-state index contributed by atoms with van der Waals surface area (Å²) in [6, 6.07) is 4.74. The molecule has 0 saturated carbocycles. The smallest absolute Gasteiger partial charge is 0.129 e. The molecule has 0 heterocycles. The molecule has 0 bridgehead atoms. The summed E-state index contributed by atoms with van der Waals surface area (Å²) in [6.07, 6.45) is 0.565. The number of ether oxygens (including phenoxy) is 1. The second kappa shape index (κ2) is 4.82. The van der Waals surface area contributed by atoms with Gasteiger partial charge in [-0.2, -0.15) is 0 Å². The van der Waals surface area contributed by atoms with Crippen molar-refractivity contribution in [2.24, 2.45) is 0 Å². The van der Waals surface area contributed by atoms with Gasteiger partial charge in [-0.1, -0.05) is 6.07 Å². The first-order chi connectivity index (χ1) is 6.24. The van der Waals surface area contributed by atoms with Crippen molar-refractivity contribution in [1.29, 1.82) is 0 Å². The highest BCUT2D eigenvalue weighted by Gasteiger charge is 1.99. The predicted molar refractivity (Wildman–Crippen MR) is 48.3 cm³/mol. The van der Waals surface area contributed by atoms with Gasteiger partial charge in [0.2, 0.25) is 0 Å². The lowest BCUT2D eigenvalue weighted by molar-refractivity contribution is 0.233. The van der Waals surface area contributed by atoms with Crippen molar-refractivity contribution in [2.75, 3.05) is 13.2 Å². The lowest BCUT2D eigenvalue weighted by Crippen LogP contribution is -2.00. The van der Waals surface area contributed by atoms with Crippen LogP contribution in [0.3, 0.4) is 0 Å². The molecule has 3 heteroatoms. The highest BCUT2D eigenvalue weighted by Crippen LogP contribution is 2.15. The molecule has 0 atom stereocenters. The topological polar surface area (TPSA) is 29.5 Å². The molecule has 1 N–H and O–H groups in total. The molecule has 0 saturated heterocycles. The molecule has 72 valence electrons. The molecule has 2 nitrogen and oxygen atoms in total. The highest BCUT2D eigenvalue weighted by atomic mass is 19.1. The standard InChI is InChI=1S/C10H13FO2/c1-8-3-4-9(7-10(8)11)13-6-2-5-12/h3-4,7,12H,2,5-6H2,1H3. The van der Waals surface area contributed by atoms with Gasteiger partial charge >= 0.3 is 0 Å². The number of benzene rings is 1. The van der Waals surface area contributed by atoms with Gasteiger partial charge in [-0.15, -0.1) is 0 Å². The molecule has 13 heavy (non-hydrogen) atoms. The molecule has 0 aromatic heterocycles. The van der Waals surface area contributed by atoms with Gasteiger partial charge in [0.15, 0.2) is 0 Å². The van der Waals surface area contributed by atoms with Crippen molar-refractivity contribution < 1.29 is 14.2 Å². The monoisotopic (exact) mass is 184 g/mol. The van der Waals surface area contributed by atoms with E-state index in [9.17, 15) is 4.39 Å². The van der Waals surface area contributed by atoms with E-state index >= 15 is 0 Å². The van der Waals surface area contributed by atoms with Gasteiger partial charge in [0.25, 0.3) is 0 Å². The highest BCUT2D eigenvalue weighted by molar-refractivity contribution is 5.27. The summed E-state index contributed by atoms with van der Waals surface area (Å²) in [6.45, 7) is 2.21. The first kappa shape index (κ1) is 9.99. The van der Waals surface area contributed by atoms with Gasteiger partial charge in [-0.3, -0.25) is 0 Å². The average molecular weight is 184 g/mol. The minimum atomic E-state index is -0.263. The second-order valence-corrected chi connectivity index (χ2v) is 2.84. The van der Waals surface area contributed by atoms with Crippen molar-refractivity contribution in [3.63, 3.8) is 0 Å². The maximum absolute atomic E-state index is 13.0. The normalized spacial score (nSPS) is 10.1. The molecule has 0 aliphatic heterocycles. The van der Waals surface area contributed by atoms with Gasteiger partial charge < -0.3 is 9.84 Å². The van der Waals surface area contributed by atoms with E-state index in [4.69, 9.17) is 9.84 Å². The van der Waals surface area contributed by atoms with Crippen LogP contribution in [-0.2, 0) is 0 Å². The van der Waals surface area contributed by atoms with Crippen LogP contribution in [0.5, 0.6) is 5.75 Å². The molecule has 1 rings (SSSR count). The van der Waals surface area contributed by atoms with Crippen LogP contribution < -0.4 is 4.74 Å². The number of hydrogen-bond acceptors (Lipinski definition) is 2. The number of rotatable bonds is 4. The van der Waals surface area contributed by atoms with E-state index < -0.39 is 0 Å². The Labute approximate surface area is 77.0 Å². The van der Waals surface area contributed by atoms with Crippen molar-refractivity contribution in [3.8, 4) is 5.75 Å². The maximum Gasteiger partial charge on any atom is 0.129 e. The third kappa shape index (κ3) is 3.03. The second-order valence-electron chi connectivity index (χ2n) is 2.84. The van der Waals surface area contributed by atoms with Gasteiger partial charge in [0, 0.05) is 19.1 Å². The molecular weight excluding hydrogens is 171 g/mol. The summed E-state index contributed by atoms with van der Waals surface area (Å²) in [5.74, 6) is 0.248. The summed E-state index contributed by atoms with van der Waals surface area (Å²) >= 11 is 0. The van der Waals surface area contributed by atoms with E-state index in [-0.39, 0.29) is 12.4 Å². The lowest BCUT2D eigenvalue weighted by atomic mass is 10.2. The van der Waals surface area contributed by atoms with E-state index in [0.29, 0.717) is 24.3 Å². The van der Waals surface area contributed by atoms with Crippen LogP contribution >= 0.6 is 0 Å². The van der Waals surface area contributed by atoms with Crippen molar-refractivity contribution >= 4 is 0 Å². The summed E-state index contributed by atoms with van der Waals surface area (Å²) in [5, 5.41) is 8.49. The Morgan fingerprint density at radius 3 is 2.85 bits per heavy atom. The van der Waals surface area contributed by atoms with Crippen molar-refractivity contribution in [3.05, 3.63) is 29.6 Å². The first-order valence-electron chi connectivity index (χ1n) is 4.24. The molecule has 0 spiro atoms. The molecule has 0 unspecified atom stereocenters. The fraction of sp³-hybridized carbons (Fsp3) is 0.400. The quantitative estimate of drug-likeness (QED) is 0.724. The average Bonchev–Trinajstić information content (AvgIpc) is 2.12. The zero-order chi connectivity index (χ0) is 9.68. The van der Waals surface area contributed by atoms with E-state index in [0.717, 1.165) is 0 Å². The summed E-state index contributed by atoms with van der Waals surface area (Å²) in [4.78, 5) is 0. The van der Waals surface area contributed by atoms with Crippen molar-refractivity contribution in [1.82, 2.24) is 0 Å². The number of halogens is 1. The third-order valence-electron chi connectivity index (χ3n) is 1.71. The Morgan fingerprint density at radius 1 is 1.46 bits per heavy atom. The van der Waals surface area contributed by atoms with Gasteiger partial charge in [0.1, 0.15) is 11.6 Å². The van der Waals surface area contributed by atoms with Crippen molar-refractivity contribution in [2.45, 2.75) is 13.3 Å². The first-order valence-corrected chi connectivity index (χ1v) is 4.24. The number of aryl methyl sites for hydroxylation is 1. The minimum absolute atomic E-state index is 0.0916. The van der Waals surface area contributed by atoms with Crippen LogP contribution in [0.15, 0.2) is 18.2 Å². The predicted octanol–water partition coefficient (Wildman–Crippen LogP) is 1.90. The Morgan fingerprint density at radius 2 is 2.23 bits per heavy atom. The molecule has 0 amide bonds. The van der Waals surface area contributed by atoms with Crippen LogP contribution in [0.1, 0.15) is 12.0 Å². The Balaban J connectivity index is 2.53. The fourth-order valence-corrected chi connectivity index (χ4v) is 0.918. The summed E-state index contributed by atoms with van der Waals surface area (Å²) in [5.41, 5.74) is 0.606. The zero-order valence-corrected chi connectivity index (χ0v) is 7.59. The van der Waals surface area contributed by atoms with Crippen LogP contribution in [0.4, 0.5) is 4.39 Å². The summed E-state index contributed by atoms with van der Waals surface area (Å²) < 4.78 is 18.1. The Bertz CT molecular complexity index is 274. The molecular formula is C10H13FO2. The SMILES string of the molecule is Cc1ccc(OCCCO)cc1F. The molecule has 0 aliphatic carbocycles. The molecule has 1 aromatic carbocycles. The summed E-state index contributed by atoms with van der Waals surface area (Å²) in [7, 11) is 0. The largest absolute Gasteiger partial charge is 0.493 e. The molecule has 0 radical (unpaired) electrons. The maximum atomic E-state index is 13.0. The molecule has 1 aromatic rings. The lowest BCUT2D eigenvalue weighted by Gasteiger charge is -2.05. The van der Waals surface area contributed by atoms with Gasteiger partial charge in [-0.05, 0) is 18.6 Å². The van der Waals surface area contributed by atoms with Gasteiger partial charge in [-0.25, -0.2) is 4.39 Å². The van der Waals surface area contributed by atoms with E-state index in [2.05, 4.69) is 0 Å². The third-order valence-corrected chi connectivity index (χ3v) is 1.71. The number of hydrogen-bond donors (Lipinski definition) is 1. The van der Waals surface area contributed by atoms with E-state index in [1.165, 1.54) is 6.07 Å². The van der Waals surface area contributed by atoms with Crippen LogP contribution in [0, 0.1) is 12.7 Å².